The largest absolute Gasteiger partial charge is 0.370 e. The van der Waals surface area contributed by atoms with Gasteiger partial charge in [0.05, 0.1) is 11.9 Å². The van der Waals surface area contributed by atoms with Crippen LogP contribution in [0.5, 0.6) is 0 Å². The monoisotopic (exact) mass is 396 g/mol. The first kappa shape index (κ1) is 19.6. The Morgan fingerprint density at radius 1 is 1.21 bits per heavy atom. The molecule has 2 aromatic rings. The van der Waals surface area contributed by atoms with Crippen molar-refractivity contribution in [2.75, 3.05) is 38.1 Å². The highest BCUT2D eigenvalue weighted by molar-refractivity contribution is 5.92. The number of pyridine rings is 1. The lowest BCUT2D eigenvalue weighted by Crippen LogP contribution is -2.44. The van der Waals surface area contributed by atoms with Gasteiger partial charge in [-0.1, -0.05) is 0 Å². The Bertz CT molecular complexity index is 918. The van der Waals surface area contributed by atoms with Gasteiger partial charge in [0.2, 0.25) is 0 Å². The van der Waals surface area contributed by atoms with Crippen LogP contribution in [-0.4, -0.2) is 65.0 Å². The molecule has 0 saturated carbocycles. The number of amides is 1. The van der Waals surface area contributed by atoms with Crippen LogP contribution in [0.3, 0.4) is 0 Å². The zero-order valence-electron chi connectivity index (χ0n) is 17.0. The van der Waals surface area contributed by atoms with Gasteiger partial charge in [-0.05, 0) is 44.9 Å². The third-order valence-corrected chi connectivity index (χ3v) is 6.05. The van der Waals surface area contributed by atoms with E-state index in [1.165, 1.54) is 0 Å². The second kappa shape index (κ2) is 8.32. The summed E-state index contributed by atoms with van der Waals surface area (Å²) in [5.74, 6) is 0.975. The first-order valence-corrected chi connectivity index (χ1v) is 10.3. The van der Waals surface area contributed by atoms with Crippen molar-refractivity contribution in [3.8, 4) is 0 Å². The zero-order chi connectivity index (χ0) is 20.4. The molecule has 0 aromatic carbocycles. The summed E-state index contributed by atoms with van der Waals surface area (Å²) in [6.07, 6.45) is 5.03. The van der Waals surface area contributed by atoms with Gasteiger partial charge in [-0.25, -0.2) is 9.97 Å². The van der Waals surface area contributed by atoms with Crippen molar-refractivity contribution in [2.45, 2.75) is 38.1 Å². The molecule has 8 nitrogen and oxygen atoms in total. The van der Waals surface area contributed by atoms with Crippen molar-refractivity contribution < 1.29 is 4.79 Å². The molecule has 8 heteroatoms. The van der Waals surface area contributed by atoms with Crippen LogP contribution in [0, 0.1) is 6.92 Å². The Kier molecular flexibility index (Phi) is 5.62. The molecule has 4 rings (SSSR count). The van der Waals surface area contributed by atoms with E-state index >= 15 is 0 Å². The number of likely N-dealkylation sites (tertiary alicyclic amines) is 1. The van der Waals surface area contributed by atoms with E-state index in [1.807, 2.05) is 13.0 Å². The van der Waals surface area contributed by atoms with Crippen molar-refractivity contribution in [1.82, 2.24) is 25.2 Å². The molecule has 2 saturated heterocycles. The molecule has 0 spiro atoms. The van der Waals surface area contributed by atoms with Crippen LogP contribution in [-0.2, 0) is 0 Å². The maximum atomic E-state index is 11.8. The van der Waals surface area contributed by atoms with E-state index < -0.39 is 0 Å². The molecule has 1 amide bonds. The number of anilines is 1. The molecule has 1 unspecified atom stereocenters. The predicted molar refractivity (Wildman–Crippen MR) is 111 cm³/mol. The van der Waals surface area contributed by atoms with Crippen LogP contribution >= 0.6 is 0 Å². The summed E-state index contributed by atoms with van der Waals surface area (Å²) >= 11 is 0. The maximum Gasteiger partial charge on any atom is 0.269 e. The number of hydrogen-bond donors (Lipinski definition) is 2. The van der Waals surface area contributed by atoms with E-state index in [0.717, 1.165) is 62.6 Å². The van der Waals surface area contributed by atoms with Crippen molar-refractivity contribution in [1.29, 1.82) is 0 Å². The highest BCUT2D eigenvalue weighted by atomic mass is 16.1. The lowest BCUT2D eigenvalue weighted by Gasteiger charge is -2.37. The number of H-pyrrole nitrogens is 1. The fourth-order valence-electron chi connectivity index (χ4n) is 4.46. The number of aromatic nitrogens is 3. The fraction of sp³-hybridized carbons (Fsp3) is 0.524. The quantitative estimate of drug-likeness (QED) is 0.809. The van der Waals surface area contributed by atoms with Gasteiger partial charge in [0.15, 0.2) is 0 Å². The number of carbonyl (C=O) groups is 1. The maximum absolute atomic E-state index is 11.8. The van der Waals surface area contributed by atoms with E-state index in [2.05, 4.69) is 30.1 Å². The number of nitrogens with one attached hydrogen (secondary N) is 2. The number of rotatable bonds is 4. The highest BCUT2D eigenvalue weighted by Gasteiger charge is 2.32. The minimum Gasteiger partial charge on any atom is -0.370 e. The minimum atomic E-state index is -0.164. The number of hydrogen-bond acceptors (Lipinski definition) is 6. The van der Waals surface area contributed by atoms with E-state index in [4.69, 9.17) is 0 Å². The number of carbonyl (C=O) groups excluding carboxylic acids is 1. The minimum absolute atomic E-state index is 0.0599. The van der Waals surface area contributed by atoms with Crippen LogP contribution < -0.4 is 15.8 Å². The summed E-state index contributed by atoms with van der Waals surface area (Å²) in [5, 5.41) is 2.59. The van der Waals surface area contributed by atoms with Crippen LogP contribution in [0.2, 0.25) is 0 Å². The zero-order valence-corrected chi connectivity index (χ0v) is 17.0. The number of aromatic amines is 1. The Morgan fingerprint density at radius 3 is 2.66 bits per heavy atom. The van der Waals surface area contributed by atoms with Gasteiger partial charge in [-0.15, -0.1) is 0 Å². The third-order valence-electron chi connectivity index (χ3n) is 6.05. The van der Waals surface area contributed by atoms with Crippen LogP contribution in [0.15, 0.2) is 29.2 Å². The Balaban J connectivity index is 1.33. The first-order chi connectivity index (χ1) is 14.0. The molecule has 29 heavy (non-hydrogen) atoms. The molecular formula is C21H28N6O2. The van der Waals surface area contributed by atoms with Crippen LogP contribution in [0.1, 0.15) is 47.2 Å². The van der Waals surface area contributed by atoms with Crippen molar-refractivity contribution in [2.24, 2.45) is 0 Å². The van der Waals surface area contributed by atoms with E-state index in [0.29, 0.717) is 17.7 Å². The van der Waals surface area contributed by atoms with Gasteiger partial charge >= 0.3 is 0 Å². The summed E-state index contributed by atoms with van der Waals surface area (Å²) in [6.45, 7) is 5.84. The summed E-state index contributed by atoms with van der Waals surface area (Å²) in [4.78, 5) is 40.0. The Labute approximate surface area is 170 Å². The molecule has 0 bridgehead atoms. The van der Waals surface area contributed by atoms with Gasteiger partial charge in [0.25, 0.3) is 11.5 Å². The van der Waals surface area contributed by atoms with Crippen LogP contribution in [0.25, 0.3) is 0 Å². The van der Waals surface area contributed by atoms with Crippen molar-refractivity contribution in [3.63, 3.8) is 0 Å². The second-order valence-corrected chi connectivity index (χ2v) is 7.95. The summed E-state index contributed by atoms with van der Waals surface area (Å²) < 4.78 is 0. The summed E-state index contributed by atoms with van der Waals surface area (Å²) in [7, 11) is 1.61. The lowest BCUT2D eigenvalue weighted by molar-refractivity contribution is 0.0958. The van der Waals surface area contributed by atoms with E-state index in [9.17, 15) is 9.59 Å². The van der Waals surface area contributed by atoms with E-state index in [-0.39, 0.29) is 11.5 Å². The standard InChI is InChI=1S/C21H28N6O2/c1-14-11-19(28)25-20(24-14)15-5-8-27(13-15)16-6-9-26(10-7-16)17-3-4-18(23-12-17)21(29)22-2/h3-4,11-12,15-16H,5-10,13H2,1-2H3,(H,22,29)(H,24,25,28). The first-order valence-electron chi connectivity index (χ1n) is 10.3. The lowest BCUT2D eigenvalue weighted by atomic mass is 10.0. The number of nitrogens with zero attached hydrogens (tertiary/aromatic N) is 4. The van der Waals surface area contributed by atoms with Crippen LogP contribution in [0.4, 0.5) is 5.69 Å². The second-order valence-electron chi connectivity index (χ2n) is 7.95. The molecular weight excluding hydrogens is 368 g/mol. The predicted octanol–water partition coefficient (Wildman–Crippen LogP) is 1.29. The average Bonchev–Trinajstić information content (AvgIpc) is 3.23. The molecule has 4 heterocycles. The van der Waals surface area contributed by atoms with Crippen molar-refractivity contribution >= 4 is 11.6 Å². The Hall–Kier alpha value is -2.74. The number of aryl methyl sites for hydroxylation is 1. The normalized spacial score (nSPS) is 20.8. The van der Waals surface area contributed by atoms with E-state index in [1.54, 1.807) is 25.4 Å². The molecule has 2 aromatic heterocycles. The van der Waals surface area contributed by atoms with Crippen molar-refractivity contribution in [3.05, 3.63) is 52.0 Å². The molecule has 0 radical (unpaired) electrons. The molecule has 0 aliphatic carbocycles. The average molecular weight is 396 g/mol. The summed E-state index contributed by atoms with van der Waals surface area (Å²) in [5.41, 5.74) is 2.23. The van der Waals surface area contributed by atoms with Gasteiger partial charge < -0.3 is 15.2 Å². The topological polar surface area (TPSA) is 94.2 Å². The number of piperidine rings is 1. The fourth-order valence-corrected chi connectivity index (χ4v) is 4.46. The van der Waals surface area contributed by atoms with Gasteiger partial charge in [0.1, 0.15) is 11.5 Å². The Morgan fingerprint density at radius 2 is 2.00 bits per heavy atom. The molecule has 2 N–H and O–H groups in total. The highest BCUT2D eigenvalue weighted by Crippen LogP contribution is 2.30. The molecule has 2 aliphatic rings. The van der Waals surface area contributed by atoms with Gasteiger partial charge in [-0.2, -0.15) is 0 Å². The molecule has 2 fully saturated rings. The molecule has 154 valence electrons. The molecule has 1 atom stereocenters. The molecule has 2 aliphatic heterocycles. The van der Waals surface area contributed by atoms with Gasteiger partial charge in [0, 0.05) is 50.4 Å². The SMILES string of the molecule is CNC(=O)c1ccc(N2CCC(N3CCC(c4nc(C)cc(=O)[nH]4)C3)CC2)cn1. The smallest absolute Gasteiger partial charge is 0.269 e. The third kappa shape index (κ3) is 4.32. The summed E-state index contributed by atoms with van der Waals surface area (Å²) in [6, 6.07) is 5.86. The van der Waals surface area contributed by atoms with Gasteiger partial charge in [-0.3, -0.25) is 14.5 Å².